The van der Waals surface area contributed by atoms with Crippen LogP contribution in [0.3, 0.4) is 0 Å². The lowest BCUT2D eigenvalue weighted by Gasteiger charge is -2.15. The van der Waals surface area contributed by atoms with Crippen LogP contribution in [-0.4, -0.2) is 33.6 Å². The number of ether oxygens (including phenoxy) is 2. The number of hydrogen-bond acceptors (Lipinski definition) is 7. The maximum absolute atomic E-state index is 13.1. The summed E-state index contributed by atoms with van der Waals surface area (Å²) in [6.07, 6.45) is 0. The minimum atomic E-state index is -4.21. The molecule has 0 unspecified atom stereocenters. The van der Waals surface area contributed by atoms with Crippen LogP contribution in [-0.2, 0) is 10.0 Å². The summed E-state index contributed by atoms with van der Waals surface area (Å²) in [7, 11) is -2.81. The number of sulfonamides is 1. The van der Waals surface area contributed by atoms with Crippen molar-refractivity contribution in [3.63, 3.8) is 0 Å². The predicted octanol–water partition coefficient (Wildman–Crippen LogP) is 4.03. The van der Waals surface area contributed by atoms with E-state index in [2.05, 4.69) is 10.0 Å². The fourth-order valence-corrected chi connectivity index (χ4v) is 4.08. The summed E-state index contributed by atoms with van der Waals surface area (Å²) in [5.41, 5.74) is -0.0358. The number of nitro benzene ring substituents is 1. The van der Waals surface area contributed by atoms with Crippen LogP contribution in [0.2, 0.25) is 0 Å². The van der Waals surface area contributed by atoms with Crippen LogP contribution in [0.25, 0.3) is 0 Å². The fourth-order valence-electron chi connectivity index (χ4n) is 2.81. The van der Waals surface area contributed by atoms with Crippen LogP contribution in [0.1, 0.15) is 0 Å². The molecule has 0 saturated heterocycles. The van der Waals surface area contributed by atoms with Crippen LogP contribution in [0.5, 0.6) is 11.5 Å². The van der Waals surface area contributed by atoms with Gasteiger partial charge in [0.2, 0.25) is 0 Å². The van der Waals surface area contributed by atoms with Crippen molar-refractivity contribution in [3.8, 4) is 11.5 Å². The number of nitrogens with one attached hydrogen (secondary N) is 2. The van der Waals surface area contributed by atoms with Gasteiger partial charge in [0.25, 0.3) is 15.7 Å². The SMILES string of the molecule is COc1ccccc1NS(=O)(=O)c1cc([N+](=O)[O-])ccc1NCCOc1ccc(F)cc1. The van der Waals surface area contributed by atoms with Gasteiger partial charge in [-0.1, -0.05) is 12.1 Å². The molecule has 0 atom stereocenters. The molecule has 32 heavy (non-hydrogen) atoms. The molecule has 3 aromatic carbocycles. The number of nitrogens with zero attached hydrogens (tertiary/aromatic N) is 1. The number of nitro groups is 1. The largest absolute Gasteiger partial charge is 0.495 e. The Morgan fingerprint density at radius 1 is 1.03 bits per heavy atom. The second kappa shape index (κ2) is 9.96. The highest BCUT2D eigenvalue weighted by molar-refractivity contribution is 7.93. The quantitative estimate of drug-likeness (QED) is 0.266. The third-order valence-electron chi connectivity index (χ3n) is 4.32. The van der Waals surface area contributed by atoms with Gasteiger partial charge in [0.05, 0.1) is 23.4 Å². The van der Waals surface area contributed by atoms with Crippen LogP contribution < -0.4 is 19.5 Å². The summed E-state index contributed by atoms with van der Waals surface area (Å²) >= 11 is 0. The Morgan fingerprint density at radius 3 is 2.44 bits per heavy atom. The molecule has 0 heterocycles. The van der Waals surface area contributed by atoms with E-state index in [9.17, 15) is 22.9 Å². The molecule has 168 valence electrons. The number of para-hydroxylation sites is 2. The molecule has 0 fully saturated rings. The highest BCUT2D eigenvalue weighted by Crippen LogP contribution is 2.31. The molecule has 0 spiro atoms. The monoisotopic (exact) mass is 461 g/mol. The second-order valence-corrected chi connectivity index (χ2v) is 8.12. The Hall–Kier alpha value is -3.86. The zero-order valence-electron chi connectivity index (χ0n) is 16.9. The molecule has 9 nitrogen and oxygen atoms in total. The van der Waals surface area contributed by atoms with Gasteiger partial charge < -0.3 is 14.8 Å². The van der Waals surface area contributed by atoms with Gasteiger partial charge in [0, 0.05) is 18.7 Å². The number of methoxy groups -OCH3 is 1. The van der Waals surface area contributed by atoms with E-state index >= 15 is 0 Å². The second-order valence-electron chi connectivity index (χ2n) is 6.47. The summed E-state index contributed by atoms with van der Waals surface area (Å²) in [5.74, 6) is 0.352. The van der Waals surface area contributed by atoms with Crippen molar-refractivity contribution >= 4 is 27.1 Å². The molecule has 0 aliphatic heterocycles. The highest BCUT2D eigenvalue weighted by atomic mass is 32.2. The molecule has 11 heteroatoms. The van der Waals surface area contributed by atoms with Crippen molar-refractivity contribution in [3.05, 3.63) is 82.7 Å². The van der Waals surface area contributed by atoms with E-state index < -0.39 is 20.8 Å². The first-order chi connectivity index (χ1) is 15.3. The van der Waals surface area contributed by atoms with Gasteiger partial charge in [0.1, 0.15) is 28.8 Å². The molecule has 0 radical (unpaired) electrons. The Kier molecular flexibility index (Phi) is 7.11. The Balaban J connectivity index is 1.80. The average molecular weight is 461 g/mol. The van der Waals surface area contributed by atoms with E-state index in [1.807, 2.05) is 0 Å². The number of rotatable bonds is 10. The summed E-state index contributed by atoms with van der Waals surface area (Å²) in [6, 6.07) is 15.3. The van der Waals surface area contributed by atoms with Crippen LogP contribution in [0.15, 0.2) is 71.6 Å². The van der Waals surface area contributed by atoms with Crippen molar-refractivity contribution in [2.24, 2.45) is 0 Å². The molecule has 0 saturated carbocycles. The number of hydrogen-bond donors (Lipinski definition) is 2. The van der Waals surface area contributed by atoms with Gasteiger partial charge in [-0.3, -0.25) is 14.8 Å². The van der Waals surface area contributed by atoms with E-state index in [0.717, 1.165) is 6.07 Å². The molecule has 3 aromatic rings. The van der Waals surface area contributed by atoms with E-state index in [1.165, 1.54) is 49.6 Å². The first-order valence-corrected chi connectivity index (χ1v) is 10.8. The van der Waals surface area contributed by atoms with Gasteiger partial charge in [-0.15, -0.1) is 0 Å². The lowest BCUT2D eigenvalue weighted by molar-refractivity contribution is -0.385. The van der Waals surface area contributed by atoms with Crippen molar-refractivity contribution in [1.29, 1.82) is 0 Å². The maximum atomic E-state index is 13.1. The topological polar surface area (TPSA) is 120 Å². The van der Waals surface area contributed by atoms with Gasteiger partial charge in [-0.25, -0.2) is 12.8 Å². The molecular formula is C21H20FN3O6S. The maximum Gasteiger partial charge on any atom is 0.270 e. The molecule has 0 aliphatic carbocycles. The highest BCUT2D eigenvalue weighted by Gasteiger charge is 2.23. The minimum absolute atomic E-state index is 0.141. The number of anilines is 2. The first kappa shape index (κ1) is 22.8. The lowest BCUT2D eigenvalue weighted by Crippen LogP contribution is -2.18. The summed E-state index contributed by atoms with van der Waals surface area (Å²) in [5, 5.41) is 14.1. The first-order valence-electron chi connectivity index (χ1n) is 9.36. The van der Waals surface area contributed by atoms with Crippen molar-refractivity contribution in [2.75, 3.05) is 30.3 Å². The Morgan fingerprint density at radius 2 is 1.75 bits per heavy atom. The molecule has 0 amide bonds. The molecule has 2 N–H and O–H groups in total. The predicted molar refractivity (Wildman–Crippen MR) is 117 cm³/mol. The van der Waals surface area contributed by atoms with E-state index in [-0.39, 0.29) is 35.1 Å². The van der Waals surface area contributed by atoms with Gasteiger partial charge in [0.15, 0.2) is 0 Å². The number of non-ortho nitro benzene ring substituents is 1. The summed E-state index contributed by atoms with van der Waals surface area (Å²) < 4.78 is 52.1. The average Bonchev–Trinajstić information content (AvgIpc) is 2.78. The zero-order chi connectivity index (χ0) is 23.1. The van der Waals surface area contributed by atoms with Crippen LogP contribution >= 0.6 is 0 Å². The van der Waals surface area contributed by atoms with E-state index in [0.29, 0.717) is 11.5 Å². The van der Waals surface area contributed by atoms with Crippen molar-refractivity contribution in [2.45, 2.75) is 4.90 Å². The third kappa shape index (κ3) is 5.64. The molecule has 0 bridgehead atoms. The molecule has 3 rings (SSSR count). The van der Waals surface area contributed by atoms with Crippen molar-refractivity contribution in [1.82, 2.24) is 0 Å². The summed E-state index contributed by atoms with van der Waals surface area (Å²) in [4.78, 5) is 10.2. The standard InChI is InChI=1S/C21H20FN3O6S/c1-30-20-5-3-2-4-18(20)24-32(28,29)21-14-16(25(26)27)8-11-19(21)23-12-13-31-17-9-6-15(22)7-10-17/h2-11,14,23-24H,12-13H2,1H3. The van der Waals surface area contributed by atoms with Gasteiger partial charge in [-0.2, -0.15) is 0 Å². The van der Waals surface area contributed by atoms with E-state index in [1.54, 1.807) is 18.2 Å². The van der Waals surface area contributed by atoms with Crippen LogP contribution in [0, 0.1) is 15.9 Å². The normalized spacial score (nSPS) is 10.9. The third-order valence-corrected chi connectivity index (χ3v) is 5.72. The van der Waals surface area contributed by atoms with Gasteiger partial charge in [-0.05, 0) is 42.5 Å². The minimum Gasteiger partial charge on any atom is -0.495 e. The van der Waals surface area contributed by atoms with Crippen LogP contribution in [0.4, 0.5) is 21.5 Å². The summed E-state index contributed by atoms with van der Waals surface area (Å²) in [6.45, 7) is 0.328. The fraction of sp³-hybridized carbons (Fsp3) is 0.143. The Bertz CT molecular complexity index is 1200. The lowest BCUT2D eigenvalue weighted by atomic mass is 10.3. The Labute approximate surface area is 184 Å². The molecule has 0 aromatic heterocycles. The molecular weight excluding hydrogens is 441 g/mol. The zero-order valence-corrected chi connectivity index (χ0v) is 17.8. The smallest absolute Gasteiger partial charge is 0.270 e. The van der Waals surface area contributed by atoms with Crippen molar-refractivity contribution < 1.29 is 27.2 Å². The number of halogens is 1. The van der Waals surface area contributed by atoms with E-state index in [4.69, 9.17) is 9.47 Å². The van der Waals surface area contributed by atoms with Gasteiger partial charge >= 0.3 is 0 Å². The number of benzene rings is 3. The molecule has 0 aliphatic rings.